The molecule has 1 fully saturated rings. The molecule has 9 nitrogen and oxygen atoms in total. The van der Waals surface area contributed by atoms with Gasteiger partial charge in [-0.15, -0.1) is 0 Å². The molecular weight excluding hydrogens is 380 g/mol. The lowest BCUT2D eigenvalue weighted by molar-refractivity contribution is 0.100. The van der Waals surface area contributed by atoms with E-state index in [1.807, 2.05) is 24.3 Å². The Kier molecular flexibility index (Phi) is 5.39. The minimum absolute atomic E-state index is 0.130. The molecule has 4 N–H and O–H groups in total. The molecule has 30 heavy (non-hydrogen) atoms. The summed E-state index contributed by atoms with van der Waals surface area (Å²) in [6.45, 7) is 1.63. The molecular formula is C21H20N8O. The fourth-order valence-electron chi connectivity index (χ4n) is 3.41. The van der Waals surface area contributed by atoms with Gasteiger partial charge in [0.05, 0.1) is 29.1 Å². The van der Waals surface area contributed by atoms with Crippen LogP contribution >= 0.6 is 0 Å². The quantitative estimate of drug-likeness (QED) is 0.574. The summed E-state index contributed by atoms with van der Waals surface area (Å²) in [7, 11) is 0. The molecule has 3 aromatic rings. The number of benzene rings is 1. The third kappa shape index (κ3) is 4.28. The topological polar surface area (TPSA) is 133 Å². The second kappa shape index (κ2) is 8.45. The average Bonchev–Trinajstić information content (AvgIpc) is 3.23. The monoisotopic (exact) mass is 400 g/mol. The lowest BCUT2D eigenvalue weighted by Gasteiger charge is -2.20. The molecule has 0 radical (unpaired) electrons. The highest BCUT2D eigenvalue weighted by Gasteiger charge is 2.24. The summed E-state index contributed by atoms with van der Waals surface area (Å²) in [6, 6.07) is 11.5. The molecule has 0 aliphatic carbocycles. The van der Waals surface area contributed by atoms with Gasteiger partial charge in [0.2, 0.25) is 0 Å². The number of carbonyl (C=O) groups is 1. The first-order valence-electron chi connectivity index (χ1n) is 9.47. The van der Waals surface area contributed by atoms with Crippen LogP contribution in [0.3, 0.4) is 0 Å². The SMILES string of the molecule is N#Cc1ccc(N2CC[C@@H](Nc3cc(Nc4cnccn4)ncc3C(N)=O)C2)cc1. The summed E-state index contributed by atoms with van der Waals surface area (Å²) in [6.07, 6.45) is 7.10. The zero-order valence-corrected chi connectivity index (χ0v) is 16.1. The number of carbonyl (C=O) groups excluding carboxylic acids is 1. The van der Waals surface area contributed by atoms with Gasteiger partial charge in [-0.05, 0) is 30.7 Å². The Morgan fingerprint density at radius 1 is 1.17 bits per heavy atom. The Bertz CT molecular complexity index is 1080. The van der Waals surface area contributed by atoms with Crippen molar-refractivity contribution in [3.05, 3.63) is 66.2 Å². The standard InChI is InChI=1S/C21H20N8O/c22-10-14-1-3-16(4-2-14)29-8-5-15(13-29)27-18-9-19(26-11-17(18)21(23)30)28-20-12-24-6-7-25-20/h1-4,6-7,9,11-12,15H,5,8,13H2,(H2,23,30)(H2,25,26,27,28)/t15-/m1/s1. The number of nitrogens with two attached hydrogens (primary N) is 1. The molecule has 1 aliphatic heterocycles. The molecule has 1 aromatic carbocycles. The summed E-state index contributed by atoms with van der Waals surface area (Å²) in [5.41, 5.74) is 8.19. The highest BCUT2D eigenvalue weighted by molar-refractivity contribution is 5.98. The van der Waals surface area contributed by atoms with Gasteiger partial charge in [0.15, 0.2) is 0 Å². The van der Waals surface area contributed by atoms with Gasteiger partial charge in [0, 0.05) is 49.5 Å². The molecule has 1 aliphatic rings. The number of aromatic nitrogens is 3. The molecule has 4 rings (SSSR count). The van der Waals surface area contributed by atoms with Crippen molar-refractivity contribution in [3.63, 3.8) is 0 Å². The normalized spacial score (nSPS) is 15.4. The maximum Gasteiger partial charge on any atom is 0.252 e. The highest BCUT2D eigenvalue weighted by atomic mass is 16.1. The molecule has 0 spiro atoms. The van der Waals surface area contributed by atoms with Crippen LogP contribution in [-0.4, -0.2) is 40.0 Å². The van der Waals surface area contributed by atoms with Crippen LogP contribution < -0.4 is 21.3 Å². The average molecular weight is 400 g/mol. The zero-order valence-electron chi connectivity index (χ0n) is 16.1. The van der Waals surface area contributed by atoms with Crippen molar-refractivity contribution in [1.29, 1.82) is 5.26 Å². The minimum atomic E-state index is -0.544. The smallest absolute Gasteiger partial charge is 0.252 e. The second-order valence-corrected chi connectivity index (χ2v) is 6.93. The van der Waals surface area contributed by atoms with Gasteiger partial charge in [0.1, 0.15) is 11.6 Å². The predicted molar refractivity (Wildman–Crippen MR) is 113 cm³/mol. The van der Waals surface area contributed by atoms with Gasteiger partial charge in [-0.1, -0.05) is 0 Å². The maximum absolute atomic E-state index is 11.9. The van der Waals surface area contributed by atoms with Crippen LogP contribution in [-0.2, 0) is 0 Å². The molecule has 0 unspecified atom stereocenters. The maximum atomic E-state index is 11.9. The summed E-state index contributed by atoms with van der Waals surface area (Å²) in [5, 5.41) is 15.5. The Labute approximate surface area is 173 Å². The Hall–Kier alpha value is -4.19. The molecule has 9 heteroatoms. The number of nitriles is 1. The van der Waals surface area contributed by atoms with Gasteiger partial charge < -0.3 is 21.3 Å². The van der Waals surface area contributed by atoms with Gasteiger partial charge in [-0.2, -0.15) is 5.26 Å². The van der Waals surface area contributed by atoms with E-state index in [0.29, 0.717) is 28.5 Å². The third-order valence-corrected chi connectivity index (χ3v) is 4.90. The molecule has 150 valence electrons. The largest absolute Gasteiger partial charge is 0.380 e. The van der Waals surface area contributed by atoms with Crippen LogP contribution in [0.25, 0.3) is 0 Å². The van der Waals surface area contributed by atoms with Crippen LogP contribution in [0.2, 0.25) is 0 Å². The van der Waals surface area contributed by atoms with Crippen LogP contribution in [0.15, 0.2) is 55.1 Å². The van der Waals surface area contributed by atoms with E-state index in [1.54, 1.807) is 24.7 Å². The van der Waals surface area contributed by atoms with Crippen molar-refractivity contribution in [1.82, 2.24) is 15.0 Å². The first-order valence-corrected chi connectivity index (χ1v) is 9.47. The highest BCUT2D eigenvalue weighted by Crippen LogP contribution is 2.26. The van der Waals surface area contributed by atoms with Crippen molar-refractivity contribution >= 4 is 28.9 Å². The molecule has 0 bridgehead atoms. The first kappa shape index (κ1) is 19.1. The van der Waals surface area contributed by atoms with Crippen LogP contribution in [0, 0.1) is 11.3 Å². The van der Waals surface area contributed by atoms with Crippen LogP contribution in [0.1, 0.15) is 22.3 Å². The number of primary amides is 1. The van der Waals surface area contributed by atoms with Gasteiger partial charge in [-0.3, -0.25) is 9.78 Å². The number of anilines is 4. The summed E-state index contributed by atoms with van der Waals surface area (Å²) >= 11 is 0. The Morgan fingerprint density at radius 3 is 2.70 bits per heavy atom. The molecule has 1 amide bonds. The van der Waals surface area contributed by atoms with E-state index >= 15 is 0 Å². The first-order chi connectivity index (χ1) is 14.6. The predicted octanol–water partition coefficient (Wildman–Crippen LogP) is 2.28. The number of hydrogen-bond acceptors (Lipinski definition) is 8. The number of pyridine rings is 1. The summed E-state index contributed by atoms with van der Waals surface area (Å²) in [4.78, 5) is 26.5. The van der Waals surface area contributed by atoms with E-state index in [9.17, 15) is 4.79 Å². The number of nitrogens with zero attached hydrogens (tertiary/aromatic N) is 5. The molecule has 1 saturated heterocycles. The molecule has 1 atom stereocenters. The van der Waals surface area contributed by atoms with Gasteiger partial charge in [0.25, 0.3) is 5.91 Å². The zero-order chi connectivity index (χ0) is 20.9. The Morgan fingerprint density at radius 2 is 2.00 bits per heavy atom. The Balaban J connectivity index is 1.49. The third-order valence-electron chi connectivity index (χ3n) is 4.90. The lowest BCUT2D eigenvalue weighted by atomic mass is 10.1. The van der Waals surface area contributed by atoms with E-state index in [0.717, 1.165) is 25.2 Å². The van der Waals surface area contributed by atoms with Crippen molar-refractivity contribution in [2.45, 2.75) is 12.5 Å². The van der Waals surface area contributed by atoms with E-state index in [-0.39, 0.29) is 6.04 Å². The molecule has 0 saturated carbocycles. The fourth-order valence-corrected chi connectivity index (χ4v) is 3.41. The van der Waals surface area contributed by atoms with E-state index in [2.05, 4.69) is 36.6 Å². The van der Waals surface area contributed by atoms with Crippen LogP contribution in [0.4, 0.5) is 23.0 Å². The number of hydrogen-bond donors (Lipinski definition) is 3. The van der Waals surface area contributed by atoms with Crippen molar-refractivity contribution < 1.29 is 4.79 Å². The van der Waals surface area contributed by atoms with Crippen molar-refractivity contribution in [2.75, 3.05) is 28.6 Å². The minimum Gasteiger partial charge on any atom is -0.380 e. The van der Waals surface area contributed by atoms with E-state index in [1.165, 1.54) is 6.20 Å². The van der Waals surface area contributed by atoms with E-state index in [4.69, 9.17) is 11.0 Å². The lowest BCUT2D eigenvalue weighted by Crippen LogP contribution is -2.27. The molecule has 2 aromatic heterocycles. The fraction of sp³-hybridized carbons (Fsp3) is 0.190. The van der Waals surface area contributed by atoms with Crippen LogP contribution in [0.5, 0.6) is 0 Å². The van der Waals surface area contributed by atoms with Crippen molar-refractivity contribution in [2.24, 2.45) is 5.73 Å². The second-order valence-electron chi connectivity index (χ2n) is 6.93. The molecule has 3 heterocycles. The summed E-state index contributed by atoms with van der Waals surface area (Å²) < 4.78 is 0. The van der Waals surface area contributed by atoms with Crippen molar-refractivity contribution in [3.8, 4) is 6.07 Å². The summed E-state index contributed by atoms with van der Waals surface area (Å²) in [5.74, 6) is 0.540. The van der Waals surface area contributed by atoms with Gasteiger partial charge in [-0.25, -0.2) is 9.97 Å². The van der Waals surface area contributed by atoms with Gasteiger partial charge >= 0.3 is 0 Å². The number of amides is 1. The number of nitrogens with one attached hydrogen (secondary N) is 2. The van der Waals surface area contributed by atoms with E-state index < -0.39 is 5.91 Å². The number of rotatable bonds is 6.